The number of rotatable bonds is 5. The third-order valence-corrected chi connectivity index (χ3v) is 4.19. The second kappa shape index (κ2) is 6.55. The number of aryl methyl sites for hydroxylation is 1. The fourth-order valence-corrected chi connectivity index (χ4v) is 2.51. The molecule has 2 aromatic rings. The number of pyridine rings is 1. The van der Waals surface area contributed by atoms with Gasteiger partial charge in [0.2, 0.25) is 0 Å². The molecule has 0 spiro atoms. The number of hydrogen-bond donors (Lipinski definition) is 1. The van der Waals surface area contributed by atoms with Gasteiger partial charge in [0.25, 0.3) is 0 Å². The first kappa shape index (κ1) is 17.2. The minimum atomic E-state index is -0.306. The van der Waals surface area contributed by atoms with E-state index < -0.39 is 0 Å². The van der Waals surface area contributed by atoms with Gasteiger partial charge in [-0.3, -0.25) is 4.98 Å². The van der Waals surface area contributed by atoms with Gasteiger partial charge in [-0.25, -0.2) is 0 Å². The lowest BCUT2D eigenvalue weighted by molar-refractivity contribution is 0.218. The Bertz CT molecular complexity index is 732. The molecular formula is C20H25NO2. The fourth-order valence-electron chi connectivity index (χ4n) is 2.51. The van der Waals surface area contributed by atoms with E-state index in [9.17, 15) is 5.11 Å². The monoisotopic (exact) mass is 311 g/mol. The molecule has 1 heterocycles. The number of ether oxygens (including phenoxy) is 1. The summed E-state index contributed by atoms with van der Waals surface area (Å²) >= 11 is 0. The van der Waals surface area contributed by atoms with Crippen molar-refractivity contribution in [2.24, 2.45) is 0 Å². The van der Waals surface area contributed by atoms with E-state index in [1.807, 2.05) is 45.9 Å². The van der Waals surface area contributed by atoms with E-state index in [1.54, 1.807) is 7.11 Å². The third kappa shape index (κ3) is 3.45. The number of allylic oxidation sites excluding steroid dienone is 1. The Hall–Kier alpha value is -2.13. The summed E-state index contributed by atoms with van der Waals surface area (Å²) in [5.41, 5.74) is 5.56. The molecule has 0 aliphatic rings. The Balaban J connectivity index is 2.62. The molecule has 122 valence electrons. The van der Waals surface area contributed by atoms with Gasteiger partial charge in [0.05, 0.1) is 19.4 Å². The number of benzene rings is 1. The van der Waals surface area contributed by atoms with Gasteiger partial charge in [0, 0.05) is 22.2 Å². The second-order valence-corrected chi connectivity index (χ2v) is 6.57. The number of nitrogens with zero attached hydrogens (tertiary/aromatic N) is 1. The number of hydrogen-bond acceptors (Lipinski definition) is 3. The highest BCUT2D eigenvalue weighted by Gasteiger charge is 2.21. The summed E-state index contributed by atoms with van der Waals surface area (Å²) in [6.07, 6.45) is 0. The summed E-state index contributed by atoms with van der Waals surface area (Å²) < 4.78 is 5.53. The maximum absolute atomic E-state index is 9.63. The van der Waals surface area contributed by atoms with E-state index in [1.165, 1.54) is 0 Å². The van der Waals surface area contributed by atoms with Crippen LogP contribution in [0.15, 0.2) is 36.9 Å². The number of aromatic nitrogens is 1. The molecule has 1 aromatic heterocycles. The summed E-state index contributed by atoms with van der Waals surface area (Å²) in [6.45, 7) is 12.0. The Kier molecular flexibility index (Phi) is 4.90. The molecule has 3 heteroatoms. The number of aliphatic hydroxyl groups is 1. The van der Waals surface area contributed by atoms with E-state index in [0.29, 0.717) is 0 Å². The van der Waals surface area contributed by atoms with Crippen LogP contribution in [0.1, 0.15) is 37.7 Å². The molecule has 0 saturated heterocycles. The Labute approximate surface area is 138 Å². The van der Waals surface area contributed by atoms with Crippen LogP contribution in [0.4, 0.5) is 0 Å². The maximum Gasteiger partial charge on any atom is 0.126 e. The molecule has 0 amide bonds. The molecule has 0 atom stereocenters. The van der Waals surface area contributed by atoms with Crippen LogP contribution in [0, 0.1) is 6.92 Å². The zero-order valence-corrected chi connectivity index (χ0v) is 14.6. The topological polar surface area (TPSA) is 42.4 Å². The first-order valence-corrected chi connectivity index (χ1v) is 7.73. The van der Waals surface area contributed by atoms with Crippen LogP contribution < -0.4 is 4.74 Å². The summed E-state index contributed by atoms with van der Waals surface area (Å²) in [7, 11) is 1.67. The SMILES string of the molecule is C=C(C)c1ccc(-c2cc(C(C)(C)CO)ccc2OC)c(C)n1. The van der Waals surface area contributed by atoms with E-state index in [0.717, 1.165) is 39.4 Å². The van der Waals surface area contributed by atoms with Gasteiger partial charge in [-0.2, -0.15) is 0 Å². The number of aliphatic hydroxyl groups excluding tert-OH is 1. The van der Waals surface area contributed by atoms with Crippen molar-refractivity contribution in [1.82, 2.24) is 4.98 Å². The second-order valence-electron chi connectivity index (χ2n) is 6.57. The standard InChI is InChI=1S/C20H25NO2/c1-13(2)18-9-8-16(14(3)21-18)17-11-15(20(4,5)12-22)7-10-19(17)23-6/h7-11,22H,1,12H2,2-6H3. The summed E-state index contributed by atoms with van der Waals surface area (Å²) in [5, 5.41) is 9.63. The van der Waals surface area contributed by atoms with Crippen LogP contribution in [0.3, 0.4) is 0 Å². The summed E-state index contributed by atoms with van der Waals surface area (Å²) in [6, 6.07) is 10.1. The zero-order valence-electron chi connectivity index (χ0n) is 14.6. The van der Waals surface area contributed by atoms with Crippen molar-refractivity contribution in [3.63, 3.8) is 0 Å². The van der Waals surface area contributed by atoms with Gasteiger partial charge in [0.1, 0.15) is 5.75 Å². The lowest BCUT2D eigenvalue weighted by Crippen LogP contribution is -2.22. The zero-order chi connectivity index (χ0) is 17.2. The highest BCUT2D eigenvalue weighted by Crippen LogP contribution is 2.36. The quantitative estimate of drug-likeness (QED) is 0.891. The fraction of sp³-hybridized carbons (Fsp3) is 0.350. The predicted octanol–water partition coefficient (Wildman–Crippen LogP) is 4.37. The van der Waals surface area contributed by atoms with Crippen molar-refractivity contribution >= 4 is 5.57 Å². The van der Waals surface area contributed by atoms with E-state index in [2.05, 4.69) is 23.7 Å². The minimum absolute atomic E-state index is 0.0879. The van der Waals surface area contributed by atoms with Crippen LogP contribution in [0.2, 0.25) is 0 Å². The van der Waals surface area contributed by atoms with E-state index >= 15 is 0 Å². The molecular weight excluding hydrogens is 286 g/mol. The predicted molar refractivity (Wildman–Crippen MR) is 95.8 cm³/mol. The third-order valence-electron chi connectivity index (χ3n) is 4.19. The van der Waals surface area contributed by atoms with Gasteiger partial charge in [-0.15, -0.1) is 0 Å². The lowest BCUT2D eigenvalue weighted by Gasteiger charge is -2.24. The Morgan fingerprint density at radius 1 is 1.22 bits per heavy atom. The van der Waals surface area contributed by atoms with Crippen LogP contribution >= 0.6 is 0 Å². The van der Waals surface area contributed by atoms with Crippen molar-refractivity contribution in [3.05, 3.63) is 53.9 Å². The van der Waals surface area contributed by atoms with E-state index in [-0.39, 0.29) is 12.0 Å². The molecule has 0 fully saturated rings. The normalized spacial score (nSPS) is 11.4. The van der Waals surface area contributed by atoms with Crippen molar-refractivity contribution in [1.29, 1.82) is 0 Å². The first-order chi connectivity index (χ1) is 10.8. The van der Waals surface area contributed by atoms with Gasteiger partial charge >= 0.3 is 0 Å². The minimum Gasteiger partial charge on any atom is -0.496 e. The van der Waals surface area contributed by atoms with E-state index in [4.69, 9.17) is 4.74 Å². The van der Waals surface area contributed by atoms with Crippen molar-refractivity contribution in [3.8, 4) is 16.9 Å². The van der Waals surface area contributed by atoms with Gasteiger partial charge in [-0.1, -0.05) is 32.6 Å². The van der Waals surface area contributed by atoms with Gasteiger partial charge < -0.3 is 9.84 Å². The van der Waals surface area contributed by atoms with Crippen LogP contribution in [-0.4, -0.2) is 23.8 Å². The average Bonchev–Trinajstić information content (AvgIpc) is 2.54. The molecule has 0 saturated carbocycles. The molecule has 0 bridgehead atoms. The molecule has 0 aliphatic carbocycles. The molecule has 1 aromatic carbocycles. The lowest BCUT2D eigenvalue weighted by atomic mass is 9.84. The van der Waals surface area contributed by atoms with Crippen LogP contribution in [0.5, 0.6) is 5.75 Å². The Morgan fingerprint density at radius 3 is 2.43 bits per heavy atom. The Morgan fingerprint density at radius 2 is 1.91 bits per heavy atom. The van der Waals surface area contributed by atoms with Crippen molar-refractivity contribution < 1.29 is 9.84 Å². The van der Waals surface area contributed by atoms with Crippen LogP contribution in [-0.2, 0) is 5.41 Å². The van der Waals surface area contributed by atoms with Crippen LogP contribution in [0.25, 0.3) is 16.7 Å². The summed E-state index contributed by atoms with van der Waals surface area (Å²) in [4.78, 5) is 4.63. The molecule has 23 heavy (non-hydrogen) atoms. The average molecular weight is 311 g/mol. The highest BCUT2D eigenvalue weighted by atomic mass is 16.5. The van der Waals surface area contributed by atoms with Crippen molar-refractivity contribution in [2.75, 3.05) is 13.7 Å². The molecule has 0 unspecified atom stereocenters. The highest BCUT2D eigenvalue weighted by molar-refractivity contribution is 5.74. The molecule has 1 N–H and O–H groups in total. The smallest absolute Gasteiger partial charge is 0.126 e. The first-order valence-electron chi connectivity index (χ1n) is 7.73. The largest absolute Gasteiger partial charge is 0.496 e. The van der Waals surface area contributed by atoms with Gasteiger partial charge in [0.15, 0.2) is 0 Å². The summed E-state index contributed by atoms with van der Waals surface area (Å²) in [5.74, 6) is 0.801. The maximum atomic E-state index is 9.63. The van der Waals surface area contributed by atoms with Gasteiger partial charge in [-0.05, 0) is 43.2 Å². The molecule has 2 rings (SSSR count). The molecule has 3 nitrogen and oxygen atoms in total. The molecule has 0 radical (unpaired) electrons. The van der Waals surface area contributed by atoms with Crippen molar-refractivity contribution in [2.45, 2.75) is 33.1 Å². The number of methoxy groups -OCH3 is 1. The molecule has 0 aliphatic heterocycles.